The van der Waals surface area contributed by atoms with Crippen LogP contribution in [-0.2, 0) is 4.74 Å². The second-order valence-corrected chi connectivity index (χ2v) is 5.30. The van der Waals surface area contributed by atoms with Gasteiger partial charge in [-0.2, -0.15) is 0 Å². The second kappa shape index (κ2) is 6.24. The van der Waals surface area contributed by atoms with Crippen LogP contribution in [0.3, 0.4) is 0 Å². The lowest BCUT2D eigenvalue weighted by molar-refractivity contribution is 0.139. The third-order valence-corrected chi connectivity index (χ3v) is 3.78. The maximum Gasteiger partial charge on any atom is 0.191 e. The second-order valence-electron chi connectivity index (χ2n) is 4.52. The van der Waals surface area contributed by atoms with Gasteiger partial charge >= 0.3 is 0 Å². The third-order valence-electron chi connectivity index (χ3n) is 3.24. The summed E-state index contributed by atoms with van der Waals surface area (Å²) >= 11 is 1.52. The van der Waals surface area contributed by atoms with Crippen molar-refractivity contribution in [3.05, 3.63) is 6.07 Å². The van der Waals surface area contributed by atoms with E-state index in [4.69, 9.17) is 10.5 Å². The van der Waals surface area contributed by atoms with Crippen molar-refractivity contribution < 1.29 is 4.74 Å². The Balaban J connectivity index is 2.02. The van der Waals surface area contributed by atoms with Crippen LogP contribution in [0.5, 0.6) is 0 Å². The predicted molar refractivity (Wildman–Crippen MR) is 75.0 cm³/mol. The Labute approximate surface area is 112 Å². The fraction of sp³-hybridized carbons (Fsp3) is 0.667. The number of piperidine rings is 1. The quantitative estimate of drug-likeness (QED) is 0.661. The van der Waals surface area contributed by atoms with Crippen molar-refractivity contribution >= 4 is 23.4 Å². The average Bonchev–Trinajstić information content (AvgIpc) is 2.39. The molecule has 0 unspecified atom stereocenters. The van der Waals surface area contributed by atoms with E-state index in [1.54, 1.807) is 7.11 Å². The molecule has 2 heterocycles. The zero-order valence-corrected chi connectivity index (χ0v) is 11.7. The van der Waals surface area contributed by atoms with Gasteiger partial charge < -0.3 is 15.4 Å². The number of ether oxygens (including phenoxy) is 1. The zero-order chi connectivity index (χ0) is 13.0. The van der Waals surface area contributed by atoms with Crippen molar-refractivity contribution in [2.24, 2.45) is 5.92 Å². The maximum absolute atomic E-state index is 5.81. The van der Waals surface area contributed by atoms with Gasteiger partial charge in [0.1, 0.15) is 11.6 Å². The molecular formula is C12H20N4OS. The van der Waals surface area contributed by atoms with Gasteiger partial charge in [0, 0.05) is 32.9 Å². The summed E-state index contributed by atoms with van der Waals surface area (Å²) in [6.45, 7) is 2.88. The van der Waals surface area contributed by atoms with E-state index in [0.717, 1.165) is 43.5 Å². The fourth-order valence-corrected chi connectivity index (χ4v) is 2.63. The van der Waals surface area contributed by atoms with E-state index in [0.29, 0.717) is 11.7 Å². The molecule has 0 aromatic carbocycles. The van der Waals surface area contributed by atoms with Crippen molar-refractivity contribution in [1.82, 2.24) is 9.97 Å². The van der Waals surface area contributed by atoms with E-state index in [9.17, 15) is 0 Å². The highest BCUT2D eigenvalue weighted by molar-refractivity contribution is 7.98. The van der Waals surface area contributed by atoms with Crippen LogP contribution in [-0.4, -0.2) is 43.0 Å². The van der Waals surface area contributed by atoms with Gasteiger partial charge in [0.05, 0.1) is 0 Å². The Morgan fingerprint density at radius 2 is 2.17 bits per heavy atom. The maximum atomic E-state index is 5.81. The summed E-state index contributed by atoms with van der Waals surface area (Å²) < 4.78 is 5.21. The van der Waals surface area contributed by atoms with Crippen LogP contribution in [0.4, 0.5) is 11.6 Å². The molecule has 1 saturated heterocycles. The van der Waals surface area contributed by atoms with Gasteiger partial charge in [0.15, 0.2) is 5.16 Å². The van der Waals surface area contributed by atoms with Crippen molar-refractivity contribution in [3.8, 4) is 0 Å². The smallest absolute Gasteiger partial charge is 0.191 e. The van der Waals surface area contributed by atoms with Crippen molar-refractivity contribution in [3.63, 3.8) is 0 Å². The monoisotopic (exact) mass is 268 g/mol. The predicted octanol–water partition coefficient (Wildman–Crippen LogP) is 1.64. The number of aromatic nitrogens is 2. The molecule has 2 N–H and O–H groups in total. The van der Waals surface area contributed by atoms with Crippen LogP contribution in [0.15, 0.2) is 11.2 Å². The molecule has 0 spiro atoms. The van der Waals surface area contributed by atoms with Crippen LogP contribution in [0.25, 0.3) is 0 Å². The first kappa shape index (κ1) is 13.4. The molecular weight excluding hydrogens is 248 g/mol. The number of rotatable bonds is 4. The molecule has 1 fully saturated rings. The molecule has 6 heteroatoms. The minimum absolute atomic E-state index is 0.545. The first-order valence-electron chi connectivity index (χ1n) is 6.15. The molecule has 0 aliphatic carbocycles. The Kier molecular flexibility index (Phi) is 4.66. The molecule has 100 valence electrons. The van der Waals surface area contributed by atoms with Crippen molar-refractivity contribution in [2.45, 2.75) is 18.0 Å². The molecule has 1 aliphatic rings. The summed E-state index contributed by atoms with van der Waals surface area (Å²) in [5.74, 6) is 2.16. The van der Waals surface area contributed by atoms with Crippen LogP contribution < -0.4 is 10.6 Å². The lowest BCUT2D eigenvalue weighted by Crippen LogP contribution is -2.35. The van der Waals surface area contributed by atoms with E-state index >= 15 is 0 Å². The Morgan fingerprint density at radius 3 is 2.78 bits per heavy atom. The first-order valence-corrected chi connectivity index (χ1v) is 7.38. The number of nitrogens with zero attached hydrogens (tertiary/aromatic N) is 3. The minimum Gasteiger partial charge on any atom is -0.384 e. The Bertz CT molecular complexity index is 394. The fourth-order valence-electron chi connectivity index (χ4n) is 2.25. The van der Waals surface area contributed by atoms with Crippen molar-refractivity contribution in [2.75, 3.05) is 43.7 Å². The summed E-state index contributed by atoms with van der Waals surface area (Å²) in [5, 5.41) is 0.740. The van der Waals surface area contributed by atoms with Crippen LogP contribution in [0.2, 0.25) is 0 Å². The molecule has 1 aromatic heterocycles. The van der Waals surface area contributed by atoms with Gasteiger partial charge in [0.2, 0.25) is 0 Å². The van der Waals surface area contributed by atoms with Crippen LogP contribution >= 0.6 is 11.8 Å². The summed E-state index contributed by atoms with van der Waals surface area (Å²) in [4.78, 5) is 11.0. The molecule has 5 nitrogen and oxygen atoms in total. The van der Waals surface area contributed by atoms with Gasteiger partial charge in [-0.15, -0.1) is 0 Å². The summed E-state index contributed by atoms with van der Waals surface area (Å²) in [5.41, 5.74) is 5.81. The van der Waals surface area contributed by atoms with E-state index in [2.05, 4.69) is 14.9 Å². The lowest BCUT2D eigenvalue weighted by atomic mass is 9.98. The third kappa shape index (κ3) is 3.26. The van der Waals surface area contributed by atoms with Gasteiger partial charge in [0.25, 0.3) is 0 Å². The van der Waals surface area contributed by atoms with Gasteiger partial charge in [-0.1, -0.05) is 11.8 Å². The van der Waals surface area contributed by atoms with Crippen molar-refractivity contribution in [1.29, 1.82) is 0 Å². The van der Waals surface area contributed by atoms with E-state index in [-0.39, 0.29) is 0 Å². The summed E-state index contributed by atoms with van der Waals surface area (Å²) in [6, 6.07) is 1.86. The zero-order valence-electron chi connectivity index (χ0n) is 10.9. The molecule has 18 heavy (non-hydrogen) atoms. The first-order chi connectivity index (χ1) is 8.72. The Morgan fingerprint density at radius 1 is 1.44 bits per heavy atom. The highest BCUT2D eigenvalue weighted by Gasteiger charge is 2.20. The molecule has 0 atom stereocenters. The highest BCUT2D eigenvalue weighted by Crippen LogP contribution is 2.24. The van der Waals surface area contributed by atoms with Crippen LogP contribution in [0.1, 0.15) is 12.8 Å². The van der Waals surface area contributed by atoms with E-state index < -0.39 is 0 Å². The molecule has 1 aliphatic heterocycles. The standard InChI is InChI=1S/C12H20N4OS/c1-17-8-9-3-5-16(6-4-9)11-7-10(13)14-12(15-11)18-2/h7,9H,3-6,8H2,1-2H3,(H2,13,14,15). The number of hydrogen-bond acceptors (Lipinski definition) is 6. The molecule has 0 amide bonds. The molecule has 0 bridgehead atoms. The molecule has 0 radical (unpaired) electrons. The largest absolute Gasteiger partial charge is 0.384 e. The lowest BCUT2D eigenvalue weighted by Gasteiger charge is -2.32. The van der Waals surface area contributed by atoms with Crippen LogP contribution in [0, 0.1) is 5.92 Å². The van der Waals surface area contributed by atoms with E-state index in [1.807, 2.05) is 12.3 Å². The number of nitrogen functional groups attached to an aromatic ring is 1. The normalized spacial score (nSPS) is 17.1. The summed E-state index contributed by atoms with van der Waals surface area (Å²) in [7, 11) is 1.77. The minimum atomic E-state index is 0.545. The van der Waals surface area contributed by atoms with E-state index in [1.165, 1.54) is 11.8 Å². The highest BCUT2D eigenvalue weighted by atomic mass is 32.2. The number of thioether (sulfide) groups is 1. The van der Waals surface area contributed by atoms with Gasteiger partial charge in [-0.05, 0) is 25.0 Å². The number of anilines is 2. The van der Waals surface area contributed by atoms with Gasteiger partial charge in [-0.3, -0.25) is 0 Å². The average molecular weight is 268 g/mol. The number of methoxy groups -OCH3 is 1. The molecule has 1 aromatic rings. The molecule has 2 rings (SSSR count). The molecule has 0 saturated carbocycles. The summed E-state index contributed by atoms with van der Waals surface area (Å²) in [6.07, 6.45) is 4.25. The topological polar surface area (TPSA) is 64.3 Å². The SMILES string of the molecule is COCC1CCN(c2cc(N)nc(SC)n2)CC1. The number of hydrogen-bond donors (Lipinski definition) is 1. The Hall–Kier alpha value is -1.01. The van der Waals surface area contributed by atoms with Gasteiger partial charge in [-0.25, -0.2) is 9.97 Å². The number of nitrogens with two attached hydrogens (primary N) is 1.